The Labute approximate surface area is 134 Å². The minimum absolute atomic E-state index is 0.0893. The van der Waals surface area contributed by atoms with Gasteiger partial charge in [0.1, 0.15) is 5.78 Å². The maximum Gasteiger partial charge on any atom is 0.335 e. The van der Waals surface area contributed by atoms with Crippen LogP contribution in [-0.2, 0) is 11.2 Å². The number of Topliss-reactive ketones (excluding diaryl/α,β-unsaturated/α-hetero) is 1. The Hall–Kier alpha value is -2.75. The van der Waals surface area contributed by atoms with Crippen molar-refractivity contribution in [3.63, 3.8) is 0 Å². The van der Waals surface area contributed by atoms with E-state index in [0.29, 0.717) is 17.7 Å². The van der Waals surface area contributed by atoms with Crippen LogP contribution in [0.15, 0.2) is 41.4 Å². The highest BCUT2D eigenvalue weighted by molar-refractivity contribution is 6.14. The standard InChI is InChI=1S/C19H17NO3/c1-11-6-15-9-16(21)10-18(20-17(15)7-12(11)2)13-4-3-5-14(8-13)19(22)23/h3-8H,9-10H2,1-2H3,(H,22,23). The molecule has 0 saturated heterocycles. The van der Waals surface area contributed by atoms with Gasteiger partial charge in [-0.15, -0.1) is 0 Å². The highest BCUT2D eigenvalue weighted by Crippen LogP contribution is 2.29. The van der Waals surface area contributed by atoms with Crippen molar-refractivity contribution in [2.24, 2.45) is 4.99 Å². The van der Waals surface area contributed by atoms with E-state index >= 15 is 0 Å². The highest BCUT2D eigenvalue weighted by Gasteiger charge is 2.19. The van der Waals surface area contributed by atoms with E-state index in [4.69, 9.17) is 5.11 Å². The van der Waals surface area contributed by atoms with E-state index in [1.54, 1.807) is 18.2 Å². The van der Waals surface area contributed by atoms with Crippen LogP contribution in [0.1, 0.15) is 39.0 Å². The van der Waals surface area contributed by atoms with Gasteiger partial charge in [0.2, 0.25) is 0 Å². The molecule has 116 valence electrons. The Morgan fingerprint density at radius 2 is 1.83 bits per heavy atom. The number of nitrogens with zero attached hydrogens (tertiary/aromatic N) is 1. The number of aryl methyl sites for hydroxylation is 2. The Kier molecular flexibility index (Phi) is 3.82. The number of carbonyl (C=O) groups is 2. The van der Waals surface area contributed by atoms with Crippen LogP contribution in [-0.4, -0.2) is 22.6 Å². The second-order valence-corrected chi connectivity index (χ2v) is 5.90. The molecule has 1 aliphatic heterocycles. The van der Waals surface area contributed by atoms with E-state index in [2.05, 4.69) is 4.99 Å². The molecule has 0 amide bonds. The summed E-state index contributed by atoms with van der Waals surface area (Å²) in [6.07, 6.45) is 0.581. The maximum atomic E-state index is 12.2. The topological polar surface area (TPSA) is 66.7 Å². The van der Waals surface area contributed by atoms with Crippen molar-refractivity contribution in [1.82, 2.24) is 0 Å². The van der Waals surface area contributed by atoms with Crippen LogP contribution >= 0.6 is 0 Å². The van der Waals surface area contributed by atoms with Gasteiger partial charge < -0.3 is 5.11 Å². The van der Waals surface area contributed by atoms with Crippen molar-refractivity contribution >= 4 is 23.2 Å². The van der Waals surface area contributed by atoms with E-state index in [9.17, 15) is 9.59 Å². The summed E-state index contributed by atoms with van der Waals surface area (Å²) in [5, 5.41) is 9.13. The molecule has 23 heavy (non-hydrogen) atoms. The molecule has 0 radical (unpaired) electrons. The third-order valence-electron chi connectivity index (χ3n) is 4.15. The Morgan fingerprint density at radius 3 is 2.57 bits per heavy atom. The van der Waals surface area contributed by atoms with Gasteiger partial charge in [-0.25, -0.2) is 4.79 Å². The smallest absolute Gasteiger partial charge is 0.335 e. The summed E-state index contributed by atoms with van der Waals surface area (Å²) in [6, 6.07) is 10.6. The normalized spacial score (nSPS) is 14.0. The lowest BCUT2D eigenvalue weighted by Crippen LogP contribution is -2.10. The van der Waals surface area contributed by atoms with Crippen LogP contribution in [0.5, 0.6) is 0 Å². The quantitative estimate of drug-likeness (QED) is 0.921. The molecule has 1 N–H and O–H groups in total. The number of benzene rings is 2. The lowest BCUT2D eigenvalue weighted by molar-refractivity contribution is -0.117. The molecule has 2 aromatic carbocycles. The van der Waals surface area contributed by atoms with E-state index in [1.807, 2.05) is 26.0 Å². The molecule has 0 aromatic heterocycles. The molecule has 4 nitrogen and oxygen atoms in total. The van der Waals surface area contributed by atoms with E-state index < -0.39 is 5.97 Å². The molecule has 0 unspecified atom stereocenters. The number of carbonyl (C=O) groups excluding carboxylic acids is 1. The monoisotopic (exact) mass is 307 g/mol. The van der Waals surface area contributed by atoms with Crippen LogP contribution in [0.25, 0.3) is 0 Å². The van der Waals surface area contributed by atoms with Gasteiger partial charge in [-0.1, -0.05) is 18.2 Å². The fraction of sp³-hybridized carbons (Fsp3) is 0.211. The number of aliphatic imine (C=N–C) groups is 1. The summed E-state index contributed by atoms with van der Waals surface area (Å²) < 4.78 is 0. The Bertz CT molecular complexity index is 850. The Balaban J connectivity index is 2.13. The number of hydrogen-bond donors (Lipinski definition) is 1. The summed E-state index contributed by atoms with van der Waals surface area (Å²) in [7, 11) is 0. The van der Waals surface area contributed by atoms with Gasteiger partial charge in [0.25, 0.3) is 0 Å². The minimum Gasteiger partial charge on any atom is -0.478 e. The summed E-state index contributed by atoms with van der Waals surface area (Å²) in [5.41, 5.74) is 5.51. The molecule has 0 spiro atoms. The number of rotatable bonds is 2. The average molecular weight is 307 g/mol. The molecule has 0 saturated carbocycles. The van der Waals surface area contributed by atoms with Crippen molar-refractivity contribution in [3.05, 3.63) is 64.2 Å². The van der Waals surface area contributed by atoms with Crippen molar-refractivity contribution in [2.75, 3.05) is 0 Å². The summed E-state index contributed by atoms with van der Waals surface area (Å²) in [4.78, 5) is 28.1. The van der Waals surface area contributed by atoms with Gasteiger partial charge >= 0.3 is 5.97 Å². The van der Waals surface area contributed by atoms with E-state index in [0.717, 1.165) is 22.4 Å². The van der Waals surface area contributed by atoms with Gasteiger partial charge in [-0.3, -0.25) is 9.79 Å². The zero-order valence-corrected chi connectivity index (χ0v) is 13.1. The third-order valence-corrected chi connectivity index (χ3v) is 4.15. The zero-order valence-electron chi connectivity index (χ0n) is 13.1. The number of carboxylic acid groups (broad SMARTS) is 1. The second-order valence-electron chi connectivity index (χ2n) is 5.90. The molecule has 2 aromatic rings. The van der Waals surface area contributed by atoms with Gasteiger partial charge in [0.05, 0.1) is 17.0 Å². The zero-order chi connectivity index (χ0) is 16.6. The molecule has 0 fully saturated rings. The molecule has 1 aliphatic rings. The highest BCUT2D eigenvalue weighted by atomic mass is 16.4. The summed E-state index contributed by atoms with van der Waals surface area (Å²) >= 11 is 0. The fourth-order valence-corrected chi connectivity index (χ4v) is 2.75. The first-order valence-corrected chi connectivity index (χ1v) is 7.47. The van der Waals surface area contributed by atoms with Crippen LogP contribution in [0.4, 0.5) is 5.69 Å². The predicted molar refractivity (Wildman–Crippen MR) is 88.8 cm³/mol. The van der Waals surface area contributed by atoms with Crippen molar-refractivity contribution in [1.29, 1.82) is 0 Å². The van der Waals surface area contributed by atoms with Crippen molar-refractivity contribution < 1.29 is 14.7 Å². The van der Waals surface area contributed by atoms with Crippen LogP contribution in [0, 0.1) is 13.8 Å². The first-order chi connectivity index (χ1) is 10.9. The molecule has 4 heteroatoms. The van der Waals surface area contributed by atoms with Crippen LogP contribution in [0.2, 0.25) is 0 Å². The number of ketones is 1. The Morgan fingerprint density at radius 1 is 1.09 bits per heavy atom. The largest absolute Gasteiger partial charge is 0.478 e. The second kappa shape index (κ2) is 5.80. The average Bonchev–Trinajstić information content (AvgIpc) is 2.66. The molecule has 0 atom stereocenters. The summed E-state index contributed by atoms with van der Waals surface area (Å²) in [5.74, 6) is -0.897. The number of hydrogen-bond acceptors (Lipinski definition) is 3. The fourth-order valence-electron chi connectivity index (χ4n) is 2.75. The van der Waals surface area contributed by atoms with Gasteiger partial charge in [-0.2, -0.15) is 0 Å². The number of carboxylic acids is 1. The lowest BCUT2D eigenvalue weighted by Gasteiger charge is -2.07. The molecular formula is C19H17NO3. The SMILES string of the molecule is Cc1cc2c(cc1C)N=C(c1cccc(C(=O)O)c1)CC(=O)C2. The van der Waals surface area contributed by atoms with Crippen LogP contribution < -0.4 is 0 Å². The van der Waals surface area contributed by atoms with Crippen molar-refractivity contribution in [2.45, 2.75) is 26.7 Å². The van der Waals surface area contributed by atoms with Gasteiger partial charge in [-0.05, 0) is 54.3 Å². The van der Waals surface area contributed by atoms with E-state index in [-0.39, 0.29) is 17.8 Å². The minimum atomic E-state index is -0.987. The molecular weight excluding hydrogens is 290 g/mol. The molecule has 0 bridgehead atoms. The molecule has 0 aliphatic carbocycles. The van der Waals surface area contributed by atoms with E-state index in [1.165, 1.54) is 6.07 Å². The maximum absolute atomic E-state index is 12.2. The number of aromatic carboxylic acids is 1. The lowest BCUT2D eigenvalue weighted by atomic mass is 9.99. The number of fused-ring (bicyclic) bond motifs is 1. The third kappa shape index (κ3) is 3.06. The van der Waals surface area contributed by atoms with Gasteiger partial charge in [0, 0.05) is 12.8 Å². The first-order valence-electron chi connectivity index (χ1n) is 7.47. The summed E-state index contributed by atoms with van der Waals surface area (Å²) in [6.45, 7) is 4.04. The first kappa shape index (κ1) is 15.2. The molecule has 3 rings (SSSR count). The molecule has 1 heterocycles. The predicted octanol–water partition coefficient (Wildman–Crippen LogP) is 3.64. The van der Waals surface area contributed by atoms with Crippen molar-refractivity contribution in [3.8, 4) is 0 Å². The van der Waals surface area contributed by atoms with Crippen LogP contribution in [0.3, 0.4) is 0 Å². The van der Waals surface area contributed by atoms with Gasteiger partial charge in [0.15, 0.2) is 0 Å².